The van der Waals surface area contributed by atoms with E-state index >= 15 is 0 Å². The molecule has 0 radical (unpaired) electrons. The predicted octanol–water partition coefficient (Wildman–Crippen LogP) is 5.10. The number of rotatable bonds is 2. The Morgan fingerprint density at radius 1 is 1.00 bits per heavy atom. The first-order valence-electron chi connectivity index (χ1n) is 4.93. The van der Waals surface area contributed by atoms with Gasteiger partial charge in [0.1, 0.15) is 11.6 Å². The van der Waals surface area contributed by atoms with Crippen molar-refractivity contribution in [2.24, 2.45) is 0 Å². The van der Waals surface area contributed by atoms with Crippen LogP contribution in [0.2, 0.25) is 5.02 Å². The highest BCUT2D eigenvalue weighted by molar-refractivity contribution is 9.09. The van der Waals surface area contributed by atoms with E-state index in [1.807, 2.05) is 0 Å². The van der Waals surface area contributed by atoms with Crippen LogP contribution in [0.25, 0.3) is 0 Å². The van der Waals surface area contributed by atoms with Gasteiger partial charge in [-0.05, 0) is 23.8 Å². The Bertz CT molecular complexity index is 525. The molecule has 0 spiro atoms. The number of benzene rings is 2. The molecule has 1 atom stereocenters. The van der Waals surface area contributed by atoms with Crippen molar-refractivity contribution in [2.75, 3.05) is 0 Å². The lowest BCUT2D eigenvalue weighted by Gasteiger charge is -2.12. The van der Waals surface area contributed by atoms with Crippen molar-refractivity contribution in [2.45, 2.75) is 4.83 Å². The van der Waals surface area contributed by atoms with Crippen molar-refractivity contribution in [3.63, 3.8) is 0 Å². The molecule has 4 heteroatoms. The zero-order valence-corrected chi connectivity index (χ0v) is 11.0. The first kappa shape index (κ1) is 12.5. The largest absolute Gasteiger partial charge is 0.207 e. The summed E-state index contributed by atoms with van der Waals surface area (Å²) in [5.74, 6) is -0.777. The molecule has 0 heterocycles. The Morgan fingerprint density at radius 3 is 2.29 bits per heavy atom. The Hall–Kier alpha value is -0.930. The van der Waals surface area contributed by atoms with E-state index in [0.29, 0.717) is 5.56 Å². The minimum absolute atomic E-state index is 0.0778. The van der Waals surface area contributed by atoms with Crippen LogP contribution in [0.1, 0.15) is 16.0 Å². The van der Waals surface area contributed by atoms with Crippen molar-refractivity contribution in [3.05, 3.63) is 70.2 Å². The van der Waals surface area contributed by atoms with Crippen LogP contribution in [0.15, 0.2) is 42.5 Å². The highest BCUT2D eigenvalue weighted by Crippen LogP contribution is 2.34. The van der Waals surface area contributed by atoms with Gasteiger partial charge >= 0.3 is 0 Å². The molecule has 0 aliphatic rings. The van der Waals surface area contributed by atoms with Gasteiger partial charge in [0, 0.05) is 5.56 Å². The summed E-state index contributed by atoms with van der Waals surface area (Å²) in [6, 6.07) is 10.7. The molecule has 0 bridgehead atoms. The Morgan fingerprint density at radius 2 is 1.65 bits per heavy atom. The fraction of sp³-hybridized carbons (Fsp3) is 0.0769. The quantitative estimate of drug-likeness (QED) is 0.676. The molecule has 0 aromatic heterocycles. The highest BCUT2D eigenvalue weighted by atomic mass is 79.9. The third-order valence-electron chi connectivity index (χ3n) is 2.42. The van der Waals surface area contributed by atoms with Gasteiger partial charge in [0.2, 0.25) is 0 Å². The molecular weight excluding hydrogens is 309 g/mol. The predicted molar refractivity (Wildman–Crippen MR) is 68.6 cm³/mol. The van der Waals surface area contributed by atoms with E-state index in [0.717, 1.165) is 5.56 Å². The summed E-state index contributed by atoms with van der Waals surface area (Å²) in [5, 5.41) is 0.0778. The fourth-order valence-electron chi connectivity index (χ4n) is 1.53. The van der Waals surface area contributed by atoms with Crippen molar-refractivity contribution >= 4 is 27.5 Å². The van der Waals surface area contributed by atoms with Crippen molar-refractivity contribution in [3.8, 4) is 0 Å². The topological polar surface area (TPSA) is 0 Å². The molecular formula is C13H8BrClF2. The van der Waals surface area contributed by atoms with E-state index < -0.39 is 5.82 Å². The van der Waals surface area contributed by atoms with E-state index in [1.54, 1.807) is 24.3 Å². The zero-order valence-electron chi connectivity index (χ0n) is 8.63. The van der Waals surface area contributed by atoms with Gasteiger partial charge < -0.3 is 0 Å². The fourth-order valence-corrected chi connectivity index (χ4v) is 2.37. The second kappa shape index (κ2) is 5.15. The van der Waals surface area contributed by atoms with Gasteiger partial charge in [-0.2, -0.15) is 0 Å². The number of hydrogen-bond acceptors (Lipinski definition) is 0. The van der Waals surface area contributed by atoms with Gasteiger partial charge in [0.15, 0.2) is 0 Å². The highest BCUT2D eigenvalue weighted by Gasteiger charge is 2.16. The standard InChI is InChI=1S/C13H8BrClF2/c14-12(8-4-6-9(16)7-5-8)10-2-1-3-11(15)13(10)17/h1-7,12H. The third kappa shape index (κ3) is 2.67. The molecule has 2 rings (SSSR count). The average molecular weight is 318 g/mol. The van der Waals surface area contributed by atoms with Crippen LogP contribution >= 0.6 is 27.5 Å². The SMILES string of the molecule is Fc1ccc(C(Br)c2cccc(Cl)c2F)cc1. The molecule has 0 fully saturated rings. The maximum Gasteiger partial charge on any atom is 0.146 e. The monoisotopic (exact) mass is 316 g/mol. The number of hydrogen-bond donors (Lipinski definition) is 0. The second-order valence-electron chi connectivity index (χ2n) is 3.56. The third-order valence-corrected chi connectivity index (χ3v) is 3.73. The molecule has 17 heavy (non-hydrogen) atoms. The van der Waals surface area contributed by atoms with Gasteiger partial charge in [-0.1, -0.05) is 51.8 Å². The van der Waals surface area contributed by atoms with Gasteiger partial charge in [-0.3, -0.25) is 0 Å². The van der Waals surface area contributed by atoms with Crippen LogP contribution in [0.5, 0.6) is 0 Å². The molecule has 0 aliphatic carbocycles. The van der Waals surface area contributed by atoms with E-state index in [4.69, 9.17) is 11.6 Å². The van der Waals surface area contributed by atoms with Crippen LogP contribution in [0, 0.1) is 11.6 Å². The van der Waals surface area contributed by atoms with Crippen LogP contribution in [0.4, 0.5) is 8.78 Å². The first-order valence-corrected chi connectivity index (χ1v) is 6.22. The lowest BCUT2D eigenvalue weighted by Crippen LogP contribution is -1.97. The number of alkyl halides is 1. The molecule has 0 amide bonds. The van der Waals surface area contributed by atoms with Gasteiger partial charge in [-0.25, -0.2) is 8.78 Å². The molecule has 0 N–H and O–H groups in total. The molecule has 2 aromatic carbocycles. The summed E-state index contributed by atoms with van der Waals surface area (Å²) in [7, 11) is 0. The molecule has 88 valence electrons. The van der Waals surface area contributed by atoms with E-state index in [9.17, 15) is 8.78 Å². The van der Waals surface area contributed by atoms with Crippen LogP contribution < -0.4 is 0 Å². The summed E-state index contributed by atoms with van der Waals surface area (Å²) in [5.41, 5.74) is 1.21. The minimum atomic E-state index is -0.458. The Kier molecular flexibility index (Phi) is 3.79. The van der Waals surface area contributed by atoms with Crippen molar-refractivity contribution in [1.29, 1.82) is 0 Å². The van der Waals surface area contributed by atoms with Gasteiger partial charge in [0.25, 0.3) is 0 Å². The van der Waals surface area contributed by atoms with Gasteiger partial charge in [-0.15, -0.1) is 0 Å². The molecule has 0 aliphatic heterocycles. The summed E-state index contributed by atoms with van der Waals surface area (Å²) >= 11 is 9.10. The van der Waals surface area contributed by atoms with E-state index in [1.165, 1.54) is 18.2 Å². The minimum Gasteiger partial charge on any atom is -0.207 e. The maximum atomic E-state index is 13.8. The lowest BCUT2D eigenvalue weighted by atomic mass is 10.0. The van der Waals surface area contributed by atoms with E-state index in [2.05, 4.69) is 15.9 Å². The van der Waals surface area contributed by atoms with Gasteiger partial charge in [0.05, 0.1) is 9.85 Å². The number of halogens is 4. The van der Waals surface area contributed by atoms with Crippen LogP contribution in [-0.4, -0.2) is 0 Å². The molecule has 1 unspecified atom stereocenters. The van der Waals surface area contributed by atoms with E-state index in [-0.39, 0.29) is 15.7 Å². The summed E-state index contributed by atoms with van der Waals surface area (Å²) in [6.07, 6.45) is 0. The van der Waals surface area contributed by atoms with Crippen molar-refractivity contribution in [1.82, 2.24) is 0 Å². The smallest absolute Gasteiger partial charge is 0.146 e. The normalized spacial score (nSPS) is 12.5. The Labute approximate surface area is 111 Å². The average Bonchev–Trinajstić information content (AvgIpc) is 2.33. The van der Waals surface area contributed by atoms with Crippen LogP contribution in [0.3, 0.4) is 0 Å². The maximum absolute atomic E-state index is 13.8. The summed E-state index contributed by atoms with van der Waals surface area (Å²) in [6.45, 7) is 0. The summed E-state index contributed by atoms with van der Waals surface area (Å²) < 4.78 is 26.6. The second-order valence-corrected chi connectivity index (χ2v) is 4.88. The lowest BCUT2D eigenvalue weighted by molar-refractivity contribution is 0.613. The molecule has 2 aromatic rings. The molecule has 0 nitrogen and oxygen atoms in total. The first-order chi connectivity index (χ1) is 8.09. The van der Waals surface area contributed by atoms with Crippen molar-refractivity contribution < 1.29 is 8.78 Å². The molecule has 0 saturated carbocycles. The zero-order chi connectivity index (χ0) is 12.4. The molecule has 0 saturated heterocycles. The summed E-state index contributed by atoms with van der Waals surface area (Å²) in [4.78, 5) is -0.346. The Balaban J connectivity index is 2.40. The van der Waals surface area contributed by atoms with Crippen LogP contribution in [-0.2, 0) is 0 Å².